The first-order chi connectivity index (χ1) is 14.2. The Hall–Kier alpha value is -3.35. The van der Waals surface area contributed by atoms with Crippen LogP contribution in [0.4, 0.5) is 0 Å². The molecule has 1 fully saturated rings. The number of hydrazine groups is 1. The number of carbonyl (C=O) groups is 2. The molecular formula is C16H18N10O2S. The molecule has 1 aromatic carbocycles. The Kier molecular flexibility index (Phi) is 5.74. The average Bonchev–Trinajstić information content (AvgIpc) is 3.52. The zero-order valence-electron chi connectivity index (χ0n) is 15.3. The SMILES string of the molecule is O=C(CSc1nnnn1C1CCCC1)NNC(=O)c1ccc(-n2cnnn2)cc1. The van der Waals surface area contributed by atoms with Crippen LogP contribution < -0.4 is 10.9 Å². The number of amides is 2. The van der Waals surface area contributed by atoms with E-state index in [9.17, 15) is 9.59 Å². The Morgan fingerprint density at radius 2 is 1.86 bits per heavy atom. The molecule has 4 rings (SSSR count). The van der Waals surface area contributed by atoms with Gasteiger partial charge in [-0.05, 0) is 58.0 Å². The number of rotatable bonds is 6. The molecule has 150 valence electrons. The van der Waals surface area contributed by atoms with Gasteiger partial charge in [0, 0.05) is 5.56 Å². The van der Waals surface area contributed by atoms with Gasteiger partial charge in [-0.3, -0.25) is 20.4 Å². The third-order valence-corrected chi connectivity index (χ3v) is 5.46. The van der Waals surface area contributed by atoms with Crippen molar-refractivity contribution in [3.63, 3.8) is 0 Å². The summed E-state index contributed by atoms with van der Waals surface area (Å²) in [5.41, 5.74) is 5.90. The Morgan fingerprint density at radius 3 is 2.59 bits per heavy atom. The van der Waals surface area contributed by atoms with Crippen molar-refractivity contribution in [2.75, 3.05) is 5.75 Å². The minimum absolute atomic E-state index is 0.0889. The molecule has 29 heavy (non-hydrogen) atoms. The second kappa shape index (κ2) is 8.77. The van der Waals surface area contributed by atoms with Crippen LogP contribution >= 0.6 is 11.8 Å². The first-order valence-corrected chi connectivity index (χ1v) is 10.0. The van der Waals surface area contributed by atoms with E-state index in [2.05, 4.69) is 41.9 Å². The molecular weight excluding hydrogens is 396 g/mol. The summed E-state index contributed by atoms with van der Waals surface area (Å²) in [6.45, 7) is 0. The second-order valence-electron chi connectivity index (χ2n) is 6.44. The number of hydrogen-bond acceptors (Lipinski definition) is 9. The highest BCUT2D eigenvalue weighted by atomic mass is 32.2. The molecule has 2 aromatic heterocycles. The van der Waals surface area contributed by atoms with E-state index in [1.54, 1.807) is 28.9 Å². The van der Waals surface area contributed by atoms with Crippen molar-refractivity contribution >= 4 is 23.6 Å². The molecule has 12 nitrogen and oxygen atoms in total. The summed E-state index contributed by atoms with van der Waals surface area (Å²) in [4.78, 5) is 24.3. The highest BCUT2D eigenvalue weighted by Gasteiger charge is 2.22. The highest BCUT2D eigenvalue weighted by molar-refractivity contribution is 7.99. The number of benzene rings is 1. The summed E-state index contributed by atoms with van der Waals surface area (Å²) >= 11 is 1.24. The van der Waals surface area contributed by atoms with Crippen LogP contribution in [-0.4, -0.2) is 58.0 Å². The van der Waals surface area contributed by atoms with E-state index in [0.717, 1.165) is 25.7 Å². The van der Waals surface area contributed by atoms with Gasteiger partial charge < -0.3 is 0 Å². The first kappa shape index (κ1) is 19.0. The third kappa shape index (κ3) is 4.56. The second-order valence-corrected chi connectivity index (χ2v) is 7.38. The number of nitrogens with one attached hydrogen (secondary N) is 2. The minimum Gasteiger partial charge on any atom is -0.272 e. The van der Waals surface area contributed by atoms with Crippen LogP contribution in [0.5, 0.6) is 0 Å². The van der Waals surface area contributed by atoms with Gasteiger partial charge in [-0.25, -0.2) is 9.36 Å². The first-order valence-electron chi connectivity index (χ1n) is 9.04. The third-order valence-electron chi connectivity index (χ3n) is 4.52. The molecule has 13 heteroatoms. The quantitative estimate of drug-likeness (QED) is 0.430. The molecule has 3 aromatic rings. The largest absolute Gasteiger partial charge is 0.272 e. The predicted octanol–water partition coefficient (Wildman–Crippen LogP) is 0.317. The molecule has 1 aliphatic rings. The summed E-state index contributed by atoms with van der Waals surface area (Å²) < 4.78 is 3.26. The van der Waals surface area contributed by atoms with Gasteiger partial charge in [0.25, 0.3) is 5.91 Å². The van der Waals surface area contributed by atoms with Crippen molar-refractivity contribution < 1.29 is 9.59 Å². The summed E-state index contributed by atoms with van der Waals surface area (Å²) in [7, 11) is 0. The fourth-order valence-corrected chi connectivity index (χ4v) is 3.81. The normalized spacial score (nSPS) is 14.1. The van der Waals surface area contributed by atoms with Gasteiger partial charge in [0.15, 0.2) is 0 Å². The average molecular weight is 414 g/mol. The Labute approximate surface area is 169 Å². The maximum atomic E-state index is 12.2. The topological polar surface area (TPSA) is 145 Å². The zero-order valence-corrected chi connectivity index (χ0v) is 16.1. The van der Waals surface area contributed by atoms with Gasteiger partial charge in [0.2, 0.25) is 11.1 Å². The fourth-order valence-electron chi connectivity index (χ4n) is 3.07. The molecule has 2 N–H and O–H groups in total. The smallest absolute Gasteiger partial charge is 0.269 e. The Balaban J connectivity index is 1.25. The molecule has 0 saturated heterocycles. The van der Waals surface area contributed by atoms with E-state index in [0.29, 0.717) is 22.4 Å². The van der Waals surface area contributed by atoms with Crippen molar-refractivity contribution in [3.8, 4) is 5.69 Å². The van der Waals surface area contributed by atoms with E-state index in [1.807, 2.05) is 0 Å². The summed E-state index contributed by atoms with van der Waals surface area (Å²) in [5, 5.41) is 23.2. The molecule has 0 aliphatic heterocycles. The van der Waals surface area contributed by atoms with Crippen LogP contribution in [0.25, 0.3) is 5.69 Å². The maximum absolute atomic E-state index is 12.2. The van der Waals surface area contributed by atoms with Gasteiger partial charge in [-0.1, -0.05) is 24.6 Å². The molecule has 2 heterocycles. The fraction of sp³-hybridized carbons (Fsp3) is 0.375. The zero-order chi connectivity index (χ0) is 20.1. The van der Waals surface area contributed by atoms with Gasteiger partial charge >= 0.3 is 0 Å². The van der Waals surface area contributed by atoms with Crippen molar-refractivity contribution in [1.82, 2.24) is 51.3 Å². The van der Waals surface area contributed by atoms with Gasteiger partial charge in [0.1, 0.15) is 6.33 Å². The number of nitrogens with zero attached hydrogens (tertiary/aromatic N) is 8. The predicted molar refractivity (Wildman–Crippen MR) is 101 cm³/mol. The number of tetrazole rings is 2. The number of thioether (sulfide) groups is 1. The maximum Gasteiger partial charge on any atom is 0.269 e. The van der Waals surface area contributed by atoms with E-state index in [1.165, 1.54) is 22.8 Å². The summed E-state index contributed by atoms with van der Waals surface area (Å²) in [6.07, 6.45) is 5.88. The summed E-state index contributed by atoms with van der Waals surface area (Å²) in [5.74, 6) is -0.692. The lowest BCUT2D eigenvalue weighted by atomic mass is 10.2. The summed E-state index contributed by atoms with van der Waals surface area (Å²) in [6, 6.07) is 6.93. The lowest BCUT2D eigenvalue weighted by Gasteiger charge is -2.11. The van der Waals surface area contributed by atoms with Crippen LogP contribution in [0.2, 0.25) is 0 Å². The van der Waals surface area contributed by atoms with E-state index >= 15 is 0 Å². The van der Waals surface area contributed by atoms with Crippen molar-refractivity contribution in [3.05, 3.63) is 36.2 Å². The van der Waals surface area contributed by atoms with Crippen molar-refractivity contribution in [1.29, 1.82) is 0 Å². The lowest BCUT2D eigenvalue weighted by Crippen LogP contribution is -2.42. The number of hydrogen-bond donors (Lipinski definition) is 2. The van der Waals surface area contributed by atoms with Gasteiger partial charge in [-0.2, -0.15) is 0 Å². The number of carbonyl (C=O) groups excluding carboxylic acids is 2. The Morgan fingerprint density at radius 1 is 1.07 bits per heavy atom. The minimum atomic E-state index is -0.428. The molecule has 0 bridgehead atoms. The lowest BCUT2D eigenvalue weighted by molar-refractivity contribution is -0.119. The molecule has 1 aliphatic carbocycles. The van der Waals surface area contributed by atoms with E-state index < -0.39 is 5.91 Å². The molecule has 0 spiro atoms. The number of aromatic nitrogens is 8. The molecule has 1 saturated carbocycles. The standard InChI is InChI=1S/C16H18N10O2S/c27-14(9-29-16-20-22-24-26(16)13-3-1-2-4-13)18-19-15(28)11-5-7-12(8-6-11)25-10-17-21-23-25/h5-8,10,13H,1-4,9H2,(H,18,27)(H,19,28). The monoisotopic (exact) mass is 414 g/mol. The van der Waals surface area contributed by atoms with Crippen LogP contribution in [-0.2, 0) is 4.79 Å². The van der Waals surface area contributed by atoms with Gasteiger partial charge in [-0.15, -0.1) is 10.2 Å². The van der Waals surface area contributed by atoms with Crippen LogP contribution in [0.3, 0.4) is 0 Å². The van der Waals surface area contributed by atoms with Crippen molar-refractivity contribution in [2.24, 2.45) is 0 Å². The van der Waals surface area contributed by atoms with Gasteiger partial charge in [0.05, 0.1) is 17.5 Å². The van der Waals surface area contributed by atoms with Crippen molar-refractivity contribution in [2.45, 2.75) is 36.9 Å². The molecule has 0 unspecified atom stereocenters. The highest BCUT2D eigenvalue weighted by Crippen LogP contribution is 2.31. The molecule has 2 amide bonds. The van der Waals surface area contributed by atoms with Crippen LogP contribution in [0.1, 0.15) is 42.1 Å². The Bertz CT molecular complexity index is 966. The molecule has 0 atom stereocenters. The van der Waals surface area contributed by atoms with Crippen LogP contribution in [0.15, 0.2) is 35.7 Å². The van der Waals surface area contributed by atoms with E-state index in [-0.39, 0.29) is 11.7 Å². The molecule has 0 radical (unpaired) electrons. The van der Waals surface area contributed by atoms with Crippen LogP contribution in [0, 0.1) is 0 Å². The van der Waals surface area contributed by atoms with E-state index in [4.69, 9.17) is 0 Å².